The zero-order chi connectivity index (χ0) is 15.7. The van der Waals surface area contributed by atoms with E-state index < -0.39 is 10.5 Å². The van der Waals surface area contributed by atoms with Crippen LogP contribution in [0.3, 0.4) is 0 Å². The Kier molecular flexibility index (Phi) is 3.60. The zero-order valence-electron chi connectivity index (χ0n) is 12.0. The van der Waals surface area contributed by atoms with Gasteiger partial charge in [0.15, 0.2) is 0 Å². The van der Waals surface area contributed by atoms with E-state index in [1.54, 1.807) is 24.3 Å². The summed E-state index contributed by atoms with van der Waals surface area (Å²) in [6.45, 7) is 3.94. The minimum Gasteiger partial charge on any atom is -0.346 e. The van der Waals surface area contributed by atoms with Gasteiger partial charge in [-0.1, -0.05) is 0 Å². The molecule has 2 aromatic heterocycles. The molecule has 2 heterocycles. The molecule has 0 spiro atoms. The number of aromatic amines is 1. The number of nitrogens with zero attached hydrogens (tertiary/aromatic N) is 3. The third-order valence-electron chi connectivity index (χ3n) is 3.21. The predicted octanol–water partition coefficient (Wildman–Crippen LogP) is 3.01. The average molecular weight is 315 g/mol. The Balaban J connectivity index is 1.91. The molecule has 8 heteroatoms. The Bertz CT molecular complexity index is 966. The summed E-state index contributed by atoms with van der Waals surface area (Å²) in [5.41, 5.74) is 3.89. The molecule has 2 N–H and O–H groups in total. The van der Waals surface area contributed by atoms with E-state index in [0.717, 1.165) is 28.0 Å². The molecule has 0 unspecified atom stereocenters. The smallest absolute Gasteiger partial charge is 0.316 e. The number of hydrogen-bond donors (Lipinski definition) is 2. The van der Waals surface area contributed by atoms with E-state index in [9.17, 15) is 8.42 Å². The van der Waals surface area contributed by atoms with Crippen LogP contribution in [-0.4, -0.2) is 23.4 Å². The van der Waals surface area contributed by atoms with Crippen LogP contribution in [0.25, 0.3) is 11.0 Å². The molecule has 112 valence electrons. The second-order valence-electron chi connectivity index (χ2n) is 4.81. The van der Waals surface area contributed by atoms with Gasteiger partial charge in [-0.2, -0.15) is 13.4 Å². The lowest BCUT2D eigenvalue weighted by molar-refractivity contribution is 0.622. The molecule has 0 aliphatic carbocycles. The first-order valence-corrected chi connectivity index (χ1v) is 7.56. The molecule has 7 nitrogen and oxygen atoms in total. The van der Waals surface area contributed by atoms with E-state index >= 15 is 0 Å². The van der Waals surface area contributed by atoms with Crippen LogP contribution < -0.4 is 5.32 Å². The van der Waals surface area contributed by atoms with Crippen molar-refractivity contribution in [3.05, 3.63) is 41.7 Å². The molecular weight excluding hydrogens is 302 g/mol. The zero-order valence-corrected chi connectivity index (χ0v) is 12.8. The fraction of sp³-hybridized carbons (Fsp3) is 0.143. The molecule has 0 saturated heterocycles. The molecule has 22 heavy (non-hydrogen) atoms. The van der Waals surface area contributed by atoms with Gasteiger partial charge in [-0.15, -0.1) is 4.36 Å². The number of rotatable bonds is 3. The van der Waals surface area contributed by atoms with Crippen LogP contribution in [0.1, 0.15) is 11.3 Å². The van der Waals surface area contributed by atoms with E-state index in [1.165, 1.54) is 0 Å². The van der Waals surface area contributed by atoms with Crippen molar-refractivity contribution in [1.29, 1.82) is 0 Å². The fourth-order valence-electron chi connectivity index (χ4n) is 2.27. The molecule has 0 radical (unpaired) electrons. The number of nitrogens with one attached hydrogen (secondary N) is 2. The molecule has 0 aliphatic heterocycles. The SMILES string of the molecule is Cc1c[nH]c2nc(Nc3ccc(N=S(=O)=O)cc3)nc(C)c12. The number of fused-ring (bicyclic) bond motifs is 1. The van der Waals surface area contributed by atoms with Gasteiger partial charge in [0.25, 0.3) is 0 Å². The number of anilines is 2. The van der Waals surface area contributed by atoms with Crippen molar-refractivity contribution >= 4 is 38.9 Å². The van der Waals surface area contributed by atoms with Crippen molar-refractivity contribution in [2.24, 2.45) is 4.36 Å². The van der Waals surface area contributed by atoms with Gasteiger partial charge in [-0.3, -0.25) is 0 Å². The van der Waals surface area contributed by atoms with Crippen LogP contribution in [0.4, 0.5) is 17.3 Å². The maximum Gasteiger partial charge on any atom is 0.316 e. The lowest BCUT2D eigenvalue weighted by atomic mass is 10.2. The number of aryl methyl sites for hydroxylation is 2. The first-order valence-electron chi connectivity index (χ1n) is 6.53. The molecule has 0 saturated carbocycles. The highest BCUT2D eigenvalue weighted by Crippen LogP contribution is 2.23. The van der Waals surface area contributed by atoms with Crippen molar-refractivity contribution < 1.29 is 8.42 Å². The maximum absolute atomic E-state index is 10.5. The van der Waals surface area contributed by atoms with Crippen LogP contribution in [0.15, 0.2) is 34.8 Å². The normalized spacial score (nSPS) is 10.6. The third kappa shape index (κ3) is 2.82. The molecule has 0 atom stereocenters. The van der Waals surface area contributed by atoms with Gasteiger partial charge in [0.05, 0.1) is 11.4 Å². The summed E-state index contributed by atoms with van der Waals surface area (Å²) < 4.78 is 24.4. The first kappa shape index (κ1) is 14.2. The highest BCUT2D eigenvalue weighted by Gasteiger charge is 2.08. The van der Waals surface area contributed by atoms with Gasteiger partial charge in [0.2, 0.25) is 5.95 Å². The molecule has 0 fully saturated rings. The molecule has 0 bridgehead atoms. The third-order valence-corrected chi connectivity index (χ3v) is 3.57. The van der Waals surface area contributed by atoms with Crippen LogP contribution in [-0.2, 0) is 10.5 Å². The van der Waals surface area contributed by atoms with Crippen molar-refractivity contribution in [1.82, 2.24) is 15.0 Å². The molecule has 3 rings (SSSR count). The van der Waals surface area contributed by atoms with E-state index in [1.807, 2.05) is 20.0 Å². The van der Waals surface area contributed by atoms with Gasteiger partial charge < -0.3 is 10.3 Å². The highest BCUT2D eigenvalue weighted by atomic mass is 32.2. The standard InChI is InChI=1S/C14H13N5O2S/c1-8-7-15-13-12(8)9(2)16-14(18-13)17-10-3-5-11(6-4-10)19-22(20)21/h3-7H,1-2H3,(H2,15,16,17,18). The van der Waals surface area contributed by atoms with Gasteiger partial charge >= 0.3 is 10.5 Å². The number of hydrogen-bond acceptors (Lipinski definition) is 6. The summed E-state index contributed by atoms with van der Waals surface area (Å²) in [5, 5.41) is 4.11. The topological polar surface area (TPSA) is 100 Å². The Morgan fingerprint density at radius 1 is 1.14 bits per heavy atom. The van der Waals surface area contributed by atoms with Crippen molar-refractivity contribution in [2.75, 3.05) is 5.32 Å². The highest BCUT2D eigenvalue weighted by molar-refractivity contribution is 7.61. The second kappa shape index (κ2) is 5.57. The molecule has 3 aromatic rings. The predicted molar refractivity (Wildman–Crippen MR) is 84.1 cm³/mol. The van der Waals surface area contributed by atoms with E-state index in [2.05, 4.69) is 24.6 Å². The fourth-order valence-corrected chi connectivity index (χ4v) is 2.57. The molecule has 0 amide bonds. The van der Waals surface area contributed by atoms with Crippen LogP contribution in [0.2, 0.25) is 0 Å². The van der Waals surface area contributed by atoms with E-state index in [-0.39, 0.29) is 0 Å². The quantitative estimate of drug-likeness (QED) is 0.774. The minimum atomic E-state index is -2.45. The van der Waals surface area contributed by atoms with Gasteiger partial charge in [-0.05, 0) is 43.7 Å². The summed E-state index contributed by atoms with van der Waals surface area (Å²) in [4.78, 5) is 12.0. The van der Waals surface area contributed by atoms with Gasteiger partial charge in [0, 0.05) is 17.3 Å². The van der Waals surface area contributed by atoms with E-state index in [0.29, 0.717) is 11.6 Å². The first-order chi connectivity index (χ1) is 10.5. The summed E-state index contributed by atoms with van der Waals surface area (Å²) >= 11 is 0. The number of H-pyrrole nitrogens is 1. The number of benzene rings is 1. The van der Waals surface area contributed by atoms with Crippen LogP contribution in [0, 0.1) is 13.8 Å². The Hall–Kier alpha value is -2.74. The van der Waals surface area contributed by atoms with Crippen LogP contribution in [0.5, 0.6) is 0 Å². The second-order valence-corrected chi connectivity index (χ2v) is 5.42. The largest absolute Gasteiger partial charge is 0.346 e. The summed E-state index contributed by atoms with van der Waals surface area (Å²) in [7, 11) is -2.45. The van der Waals surface area contributed by atoms with Crippen molar-refractivity contribution in [3.63, 3.8) is 0 Å². The Labute approximate surface area is 128 Å². The Morgan fingerprint density at radius 3 is 2.55 bits per heavy atom. The average Bonchev–Trinajstić information content (AvgIpc) is 2.82. The molecule has 0 aliphatic rings. The van der Waals surface area contributed by atoms with Gasteiger partial charge in [-0.25, -0.2) is 4.98 Å². The summed E-state index contributed by atoms with van der Waals surface area (Å²) in [5.74, 6) is 0.476. The van der Waals surface area contributed by atoms with Crippen molar-refractivity contribution in [2.45, 2.75) is 13.8 Å². The molecular formula is C14H13N5O2S. The minimum absolute atomic E-state index is 0.367. The van der Waals surface area contributed by atoms with Crippen LogP contribution >= 0.6 is 0 Å². The monoisotopic (exact) mass is 315 g/mol. The summed E-state index contributed by atoms with van der Waals surface area (Å²) in [6.07, 6.45) is 1.90. The van der Waals surface area contributed by atoms with E-state index in [4.69, 9.17) is 0 Å². The number of aromatic nitrogens is 3. The Morgan fingerprint density at radius 2 is 1.86 bits per heavy atom. The lowest BCUT2D eigenvalue weighted by Gasteiger charge is -2.06. The van der Waals surface area contributed by atoms with Crippen molar-refractivity contribution in [3.8, 4) is 0 Å². The lowest BCUT2D eigenvalue weighted by Crippen LogP contribution is -1.99. The molecule has 1 aromatic carbocycles. The summed E-state index contributed by atoms with van der Waals surface area (Å²) in [6, 6.07) is 6.63. The van der Waals surface area contributed by atoms with Gasteiger partial charge in [0.1, 0.15) is 5.65 Å². The maximum atomic E-state index is 10.5.